The van der Waals surface area contributed by atoms with Crippen LogP contribution in [0.5, 0.6) is 0 Å². The van der Waals surface area contributed by atoms with Crippen LogP contribution < -0.4 is 5.43 Å². The van der Waals surface area contributed by atoms with Crippen LogP contribution >= 0.6 is 11.3 Å². The lowest BCUT2D eigenvalue weighted by Crippen LogP contribution is -2.44. The molecule has 2 aromatic rings. The van der Waals surface area contributed by atoms with Crippen molar-refractivity contribution in [2.75, 3.05) is 13.1 Å². The molecule has 1 aromatic heterocycles. The molecule has 4 heteroatoms. The van der Waals surface area contributed by atoms with Crippen LogP contribution in [0.1, 0.15) is 34.5 Å². The summed E-state index contributed by atoms with van der Waals surface area (Å²) >= 11 is 1.58. The van der Waals surface area contributed by atoms with Gasteiger partial charge in [0, 0.05) is 17.8 Å². The van der Waals surface area contributed by atoms with Crippen LogP contribution in [0.2, 0.25) is 0 Å². The van der Waals surface area contributed by atoms with Crippen LogP contribution in [-0.4, -0.2) is 24.0 Å². The Hall–Kier alpha value is -1.39. The van der Waals surface area contributed by atoms with E-state index in [1.807, 2.05) is 19.1 Å². The van der Waals surface area contributed by atoms with Crippen molar-refractivity contribution in [2.45, 2.75) is 26.2 Å². The number of rotatable bonds is 2. The van der Waals surface area contributed by atoms with Gasteiger partial charge in [-0.25, -0.2) is 5.01 Å². The third-order valence-corrected chi connectivity index (χ3v) is 4.94. The summed E-state index contributed by atoms with van der Waals surface area (Å²) in [7, 11) is 0. The van der Waals surface area contributed by atoms with Crippen molar-refractivity contribution in [2.24, 2.45) is 0 Å². The number of amides is 1. The van der Waals surface area contributed by atoms with Gasteiger partial charge in [-0.05, 0) is 36.8 Å². The quantitative estimate of drug-likeness (QED) is 0.911. The van der Waals surface area contributed by atoms with Crippen molar-refractivity contribution >= 4 is 27.3 Å². The molecule has 1 N–H and O–H groups in total. The van der Waals surface area contributed by atoms with E-state index < -0.39 is 0 Å². The molecule has 1 aromatic carbocycles. The SMILES string of the molecule is Cc1c(C(=O)NN2CCCCC2)sc2ccccc12. The molecule has 1 saturated heterocycles. The Morgan fingerprint density at radius 2 is 1.95 bits per heavy atom. The summed E-state index contributed by atoms with van der Waals surface area (Å²) in [6.45, 7) is 3.97. The van der Waals surface area contributed by atoms with Crippen LogP contribution in [0.15, 0.2) is 24.3 Å². The van der Waals surface area contributed by atoms with Crippen LogP contribution in [-0.2, 0) is 0 Å². The van der Waals surface area contributed by atoms with Gasteiger partial charge in [0.05, 0.1) is 4.88 Å². The molecule has 1 amide bonds. The molecule has 2 heterocycles. The molecule has 0 unspecified atom stereocenters. The standard InChI is InChI=1S/C15H18N2OS/c1-11-12-7-3-4-8-13(12)19-14(11)15(18)16-17-9-5-2-6-10-17/h3-4,7-8H,2,5-6,9-10H2,1H3,(H,16,18). The lowest BCUT2D eigenvalue weighted by Gasteiger charge is -2.26. The zero-order valence-electron chi connectivity index (χ0n) is 11.1. The minimum Gasteiger partial charge on any atom is -0.284 e. The fourth-order valence-corrected chi connectivity index (χ4v) is 3.69. The van der Waals surface area contributed by atoms with Crippen LogP contribution in [0.4, 0.5) is 0 Å². The van der Waals surface area contributed by atoms with E-state index in [4.69, 9.17) is 0 Å². The van der Waals surface area contributed by atoms with Gasteiger partial charge >= 0.3 is 0 Å². The number of hydrogen-bond acceptors (Lipinski definition) is 3. The van der Waals surface area contributed by atoms with Gasteiger partial charge in [-0.2, -0.15) is 0 Å². The summed E-state index contributed by atoms with van der Waals surface area (Å²) in [6.07, 6.45) is 3.62. The first-order chi connectivity index (χ1) is 9.25. The molecule has 19 heavy (non-hydrogen) atoms. The second-order valence-corrected chi connectivity index (χ2v) is 6.09. The average molecular weight is 274 g/mol. The predicted octanol–water partition coefficient (Wildman–Crippen LogP) is 3.34. The van der Waals surface area contributed by atoms with E-state index in [9.17, 15) is 4.79 Å². The van der Waals surface area contributed by atoms with Gasteiger partial charge in [0.1, 0.15) is 0 Å². The largest absolute Gasteiger partial charge is 0.284 e. The maximum Gasteiger partial charge on any atom is 0.275 e. The zero-order valence-corrected chi connectivity index (χ0v) is 11.9. The van der Waals surface area contributed by atoms with Crippen molar-refractivity contribution in [3.63, 3.8) is 0 Å². The second kappa shape index (κ2) is 5.31. The molecule has 3 nitrogen and oxygen atoms in total. The molecule has 0 aliphatic carbocycles. The van der Waals surface area contributed by atoms with E-state index in [-0.39, 0.29) is 5.91 Å². The van der Waals surface area contributed by atoms with Crippen molar-refractivity contribution in [3.8, 4) is 0 Å². The molecular weight excluding hydrogens is 256 g/mol. The minimum atomic E-state index is 0.0422. The number of hydrogen-bond donors (Lipinski definition) is 1. The van der Waals surface area contributed by atoms with E-state index in [0.717, 1.165) is 23.5 Å². The summed E-state index contributed by atoms with van der Waals surface area (Å²) in [5.74, 6) is 0.0422. The maximum absolute atomic E-state index is 12.4. The molecular formula is C15H18N2OS. The average Bonchev–Trinajstić information content (AvgIpc) is 2.78. The predicted molar refractivity (Wildman–Crippen MR) is 79.5 cm³/mol. The van der Waals surface area contributed by atoms with Crippen molar-refractivity contribution < 1.29 is 4.79 Å². The molecule has 1 aliphatic heterocycles. The topological polar surface area (TPSA) is 32.3 Å². The van der Waals surface area contributed by atoms with E-state index >= 15 is 0 Å². The van der Waals surface area contributed by atoms with Gasteiger partial charge < -0.3 is 0 Å². The molecule has 1 aliphatic rings. The Bertz CT molecular complexity index is 599. The number of piperidine rings is 1. The first kappa shape index (κ1) is 12.6. The zero-order chi connectivity index (χ0) is 13.2. The maximum atomic E-state index is 12.4. The fourth-order valence-electron chi connectivity index (χ4n) is 2.59. The second-order valence-electron chi connectivity index (χ2n) is 5.04. The monoisotopic (exact) mass is 274 g/mol. The molecule has 3 rings (SSSR count). The summed E-state index contributed by atoms with van der Waals surface area (Å²) in [5.41, 5.74) is 4.13. The van der Waals surface area contributed by atoms with Crippen molar-refractivity contribution in [1.29, 1.82) is 0 Å². The number of fused-ring (bicyclic) bond motifs is 1. The Kier molecular flexibility index (Phi) is 3.53. The summed E-state index contributed by atoms with van der Waals surface area (Å²) in [5, 5.41) is 3.24. The third-order valence-electron chi connectivity index (χ3n) is 3.67. The minimum absolute atomic E-state index is 0.0422. The molecule has 0 bridgehead atoms. The Morgan fingerprint density at radius 1 is 1.21 bits per heavy atom. The summed E-state index contributed by atoms with van der Waals surface area (Å²) < 4.78 is 1.18. The number of carbonyl (C=O) groups is 1. The van der Waals surface area contributed by atoms with Crippen molar-refractivity contribution in [3.05, 3.63) is 34.7 Å². The van der Waals surface area contributed by atoms with E-state index in [2.05, 4.69) is 22.6 Å². The number of benzene rings is 1. The highest BCUT2D eigenvalue weighted by Gasteiger charge is 2.18. The van der Waals surface area contributed by atoms with Gasteiger partial charge in [-0.3, -0.25) is 10.2 Å². The first-order valence-electron chi connectivity index (χ1n) is 6.80. The van der Waals surface area contributed by atoms with Crippen LogP contribution in [0.3, 0.4) is 0 Å². The van der Waals surface area contributed by atoms with E-state index in [1.54, 1.807) is 11.3 Å². The van der Waals surface area contributed by atoms with Gasteiger partial charge in [-0.15, -0.1) is 11.3 Å². The number of aryl methyl sites for hydroxylation is 1. The molecule has 0 saturated carbocycles. The molecule has 0 spiro atoms. The lowest BCUT2D eigenvalue weighted by atomic mass is 10.1. The highest BCUT2D eigenvalue weighted by molar-refractivity contribution is 7.21. The van der Waals surface area contributed by atoms with E-state index in [0.29, 0.717) is 0 Å². The van der Waals surface area contributed by atoms with Crippen LogP contribution in [0, 0.1) is 6.92 Å². The van der Waals surface area contributed by atoms with Gasteiger partial charge in [0.25, 0.3) is 5.91 Å². The summed E-state index contributed by atoms with van der Waals surface area (Å²) in [6, 6.07) is 8.20. The third kappa shape index (κ3) is 2.51. The highest BCUT2D eigenvalue weighted by atomic mass is 32.1. The first-order valence-corrected chi connectivity index (χ1v) is 7.61. The molecule has 1 fully saturated rings. The normalized spacial score (nSPS) is 16.7. The lowest BCUT2D eigenvalue weighted by molar-refractivity contribution is 0.0754. The summed E-state index contributed by atoms with van der Waals surface area (Å²) in [4.78, 5) is 13.2. The Morgan fingerprint density at radius 3 is 2.68 bits per heavy atom. The van der Waals surface area contributed by atoms with Crippen molar-refractivity contribution in [1.82, 2.24) is 10.4 Å². The number of nitrogens with zero attached hydrogens (tertiary/aromatic N) is 1. The smallest absolute Gasteiger partial charge is 0.275 e. The Balaban J connectivity index is 1.83. The molecule has 0 radical (unpaired) electrons. The number of carbonyl (C=O) groups excluding carboxylic acids is 1. The highest BCUT2D eigenvalue weighted by Crippen LogP contribution is 2.30. The van der Waals surface area contributed by atoms with Gasteiger partial charge in [0.15, 0.2) is 0 Å². The number of nitrogens with one attached hydrogen (secondary N) is 1. The number of thiophene rings is 1. The van der Waals surface area contributed by atoms with Crippen LogP contribution in [0.25, 0.3) is 10.1 Å². The number of hydrazine groups is 1. The van der Waals surface area contributed by atoms with Gasteiger partial charge in [-0.1, -0.05) is 24.6 Å². The molecule has 0 atom stereocenters. The molecule has 100 valence electrons. The van der Waals surface area contributed by atoms with E-state index in [1.165, 1.54) is 29.3 Å². The van der Waals surface area contributed by atoms with Gasteiger partial charge in [0.2, 0.25) is 0 Å². The fraction of sp³-hybridized carbons (Fsp3) is 0.400. The Labute approximate surface area is 117 Å².